The zero-order valence-corrected chi connectivity index (χ0v) is 8.34. The van der Waals surface area contributed by atoms with Crippen LogP contribution in [0.15, 0.2) is 0 Å². The zero-order chi connectivity index (χ0) is 8.97. The van der Waals surface area contributed by atoms with Crippen molar-refractivity contribution >= 4 is 0 Å². The Morgan fingerprint density at radius 3 is 2.25 bits per heavy atom. The predicted molar refractivity (Wildman–Crippen MR) is 53.1 cm³/mol. The third-order valence-corrected chi connectivity index (χ3v) is 2.89. The van der Waals surface area contributed by atoms with Gasteiger partial charge in [0, 0.05) is 18.1 Å². The third kappa shape index (κ3) is 3.11. The summed E-state index contributed by atoms with van der Waals surface area (Å²) in [5.74, 6) is 0. The average Bonchev–Trinajstić information content (AvgIpc) is 2.06. The van der Waals surface area contributed by atoms with Crippen LogP contribution in [0, 0.1) is 0 Å². The summed E-state index contributed by atoms with van der Waals surface area (Å²) >= 11 is 0. The molecule has 0 bridgehead atoms. The van der Waals surface area contributed by atoms with E-state index >= 15 is 0 Å². The molecule has 0 radical (unpaired) electrons. The molecule has 1 rings (SSSR count). The molecule has 72 valence electrons. The molecule has 1 aliphatic rings. The first-order valence-electron chi connectivity index (χ1n) is 5.22. The van der Waals surface area contributed by atoms with Crippen LogP contribution in [0.2, 0.25) is 0 Å². The molecule has 0 aromatic heterocycles. The molecule has 2 nitrogen and oxygen atoms in total. The largest absolute Gasteiger partial charge is 0.327 e. The van der Waals surface area contributed by atoms with E-state index < -0.39 is 0 Å². The Bertz CT molecular complexity index is 117. The van der Waals surface area contributed by atoms with Crippen molar-refractivity contribution in [3.63, 3.8) is 0 Å². The highest BCUT2D eigenvalue weighted by Crippen LogP contribution is 2.17. The lowest BCUT2D eigenvalue weighted by molar-refractivity contribution is 0.327. The summed E-state index contributed by atoms with van der Waals surface area (Å²) in [4.78, 5) is 0. The highest BCUT2D eigenvalue weighted by Gasteiger charge is 2.16. The highest BCUT2D eigenvalue weighted by atomic mass is 15.0. The number of nitrogens with two attached hydrogens (primary N) is 1. The van der Waals surface area contributed by atoms with Crippen LogP contribution in [0.4, 0.5) is 0 Å². The molecule has 1 aliphatic carbocycles. The van der Waals surface area contributed by atoms with Gasteiger partial charge in [0.2, 0.25) is 0 Å². The fraction of sp³-hybridized carbons (Fsp3) is 1.00. The lowest BCUT2D eigenvalue weighted by Crippen LogP contribution is -2.46. The zero-order valence-electron chi connectivity index (χ0n) is 8.34. The molecular weight excluding hydrogens is 148 g/mol. The highest BCUT2D eigenvalue weighted by molar-refractivity contribution is 4.78. The second-order valence-electron chi connectivity index (χ2n) is 4.15. The fourth-order valence-electron chi connectivity index (χ4n) is 1.79. The Balaban J connectivity index is 2.20. The standard InChI is InChI=1S/C10H22N2/c1-8(11)9(2)12-10-6-4-3-5-7-10/h8-10,12H,3-7,11H2,1-2H3. The number of nitrogens with one attached hydrogen (secondary N) is 1. The van der Waals surface area contributed by atoms with Gasteiger partial charge < -0.3 is 11.1 Å². The SMILES string of the molecule is CC(N)C(C)NC1CCCCC1. The molecule has 0 aromatic carbocycles. The first kappa shape index (κ1) is 10.0. The summed E-state index contributed by atoms with van der Waals surface area (Å²) in [6, 6.07) is 1.47. The second-order valence-corrected chi connectivity index (χ2v) is 4.15. The molecule has 0 spiro atoms. The average molecular weight is 170 g/mol. The molecule has 0 heterocycles. The normalized spacial score (nSPS) is 25.2. The van der Waals surface area contributed by atoms with Crippen LogP contribution in [-0.4, -0.2) is 18.1 Å². The van der Waals surface area contributed by atoms with Crippen molar-refractivity contribution in [1.29, 1.82) is 0 Å². The van der Waals surface area contributed by atoms with Crippen molar-refractivity contribution < 1.29 is 0 Å². The topological polar surface area (TPSA) is 38.0 Å². The van der Waals surface area contributed by atoms with Crippen molar-refractivity contribution in [2.24, 2.45) is 5.73 Å². The summed E-state index contributed by atoms with van der Waals surface area (Å²) in [7, 11) is 0. The van der Waals surface area contributed by atoms with Crippen molar-refractivity contribution in [2.75, 3.05) is 0 Å². The summed E-state index contributed by atoms with van der Waals surface area (Å²) in [6.45, 7) is 4.25. The molecule has 0 aromatic rings. The minimum atomic E-state index is 0.270. The van der Waals surface area contributed by atoms with Crippen LogP contribution in [0.25, 0.3) is 0 Å². The van der Waals surface area contributed by atoms with Crippen LogP contribution in [-0.2, 0) is 0 Å². The predicted octanol–water partition coefficient (Wildman–Crippen LogP) is 1.64. The Hall–Kier alpha value is -0.0800. The van der Waals surface area contributed by atoms with E-state index in [9.17, 15) is 0 Å². The van der Waals surface area contributed by atoms with E-state index in [0.717, 1.165) is 6.04 Å². The van der Waals surface area contributed by atoms with Crippen LogP contribution in [0.3, 0.4) is 0 Å². The van der Waals surface area contributed by atoms with Gasteiger partial charge in [0.1, 0.15) is 0 Å². The van der Waals surface area contributed by atoms with Gasteiger partial charge in [-0.05, 0) is 26.7 Å². The molecular formula is C10H22N2. The van der Waals surface area contributed by atoms with E-state index in [4.69, 9.17) is 5.73 Å². The lowest BCUT2D eigenvalue weighted by atomic mass is 9.94. The van der Waals surface area contributed by atoms with Gasteiger partial charge >= 0.3 is 0 Å². The van der Waals surface area contributed by atoms with Gasteiger partial charge in [-0.3, -0.25) is 0 Å². The van der Waals surface area contributed by atoms with E-state index in [1.54, 1.807) is 0 Å². The van der Waals surface area contributed by atoms with Crippen LogP contribution >= 0.6 is 0 Å². The molecule has 1 saturated carbocycles. The number of hydrogen-bond acceptors (Lipinski definition) is 2. The molecule has 0 amide bonds. The van der Waals surface area contributed by atoms with Gasteiger partial charge in [-0.15, -0.1) is 0 Å². The Morgan fingerprint density at radius 1 is 1.17 bits per heavy atom. The summed E-state index contributed by atoms with van der Waals surface area (Å²) in [5, 5.41) is 3.59. The summed E-state index contributed by atoms with van der Waals surface area (Å²) < 4.78 is 0. The molecule has 12 heavy (non-hydrogen) atoms. The van der Waals surface area contributed by atoms with Crippen LogP contribution < -0.4 is 11.1 Å². The monoisotopic (exact) mass is 170 g/mol. The van der Waals surface area contributed by atoms with E-state index in [0.29, 0.717) is 6.04 Å². The van der Waals surface area contributed by atoms with E-state index in [1.165, 1.54) is 32.1 Å². The maximum Gasteiger partial charge on any atom is 0.0190 e. The van der Waals surface area contributed by atoms with E-state index in [1.807, 2.05) is 0 Å². The maximum atomic E-state index is 5.79. The first-order chi connectivity index (χ1) is 5.70. The Morgan fingerprint density at radius 2 is 1.75 bits per heavy atom. The molecule has 2 unspecified atom stereocenters. The van der Waals surface area contributed by atoms with Crippen molar-refractivity contribution in [3.8, 4) is 0 Å². The van der Waals surface area contributed by atoms with Crippen molar-refractivity contribution in [1.82, 2.24) is 5.32 Å². The minimum absolute atomic E-state index is 0.270. The quantitative estimate of drug-likeness (QED) is 0.676. The summed E-state index contributed by atoms with van der Waals surface area (Å²) in [5.41, 5.74) is 5.79. The van der Waals surface area contributed by atoms with Crippen LogP contribution in [0.1, 0.15) is 46.0 Å². The van der Waals surface area contributed by atoms with Gasteiger partial charge in [0.25, 0.3) is 0 Å². The van der Waals surface area contributed by atoms with Crippen molar-refractivity contribution in [3.05, 3.63) is 0 Å². The number of rotatable bonds is 3. The maximum absolute atomic E-state index is 5.79. The van der Waals surface area contributed by atoms with Gasteiger partial charge in [-0.2, -0.15) is 0 Å². The molecule has 3 N–H and O–H groups in total. The summed E-state index contributed by atoms with van der Waals surface area (Å²) in [6.07, 6.45) is 6.89. The smallest absolute Gasteiger partial charge is 0.0190 e. The molecule has 0 aliphatic heterocycles. The van der Waals surface area contributed by atoms with Gasteiger partial charge in [-0.1, -0.05) is 19.3 Å². The lowest BCUT2D eigenvalue weighted by Gasteiger charge is -2.28. The van der Waals surface area contributed by atoms with Gasteiger partial charge in [-0.25, -0.2) is 0 Å². The Labute approximate surface area is 75.9 Å². The van der Waals surface area contributed by atoms with Crippen molar-refractivity contribution in [2.45, 2.75) is 64.1 Å². The second kappa shape index (κ2) is 4.83. The molecule has 2 heteroatoms. The molecule has 1 fully saturated rings. The van der Waals surface area contributed by atoms with Gasteiger partial charge in [0.15, 0.2) is 0 Å². The Kier molecular flexibility index (Phi) is 4.02. The van der Waals surface area contributed by atoms with Crippen LogP contribution in [0.5, 0.6) is 0 Å². The van der Waals surface area contributed by atoms with E-state index in [2.05, 4.69) is 19.2 Å². The molecule has 0 saturated heterocycles. The number of hydrogen-bond donors (Lipinski definition) is 2. The van der Waals surface area contributed by atoms with E-state index in [-0.39, 0.29) is 6.04 Å². The minimum Gasteiger partial charge on any atom is -0.327 e. The first-order valence-corrected chi connectivity index (χ1v) is 5.22. The third-order valence-electron chi connectivity index (χ3n) is 2.89. The van der Waals surface area contributed by atoms with Gasteiger partial charge in [0.05, 0.1) is 0 Å². The fourth-order valence-corrected chi connectivity index (χ4v) is 1.79. The molecule has 2 atom stereocenters.